The number of nitrogens with zero attached hydrogens (tertiary/aromatic N) is 3. The summed E-state index contributed by atoms with van der Waals surface area (Å²) in [5, 5.41) is 11.1. The van der Waals surface area contributed by atoms with E-state index >= 15 is 0 Å². The van der Waals surface area contributed by atoms with Crippen LogP contribution in [0.3, 0.4) is 0 Å². The van der Waals surface area contributed by atoms with E-state index in [4.69, 9.17) is 0 Å². The number of likely N-dealkylation sites (tertiary alicyclic amines) is 2. The zero-order valence-corrected chi connectivity index (χ0v) is 13.1. The third-order valence-corrected chi connectivity index (χ3v) is 5.05. The summed E-state index contributed by atoms with van der Waals surface area (Å²) >= 11 is 0. The molecule has 1 aromatic rings. The molecule has 2 heterocycles. The van der Waals surface area contributed by atoms with Gasteiger partial charge in [0.2, 0.25) is 0 Å². The van der Waals surface area contributed by atoms with Gasteiger partial charge >= 0.3 is 0 Å². The topological polar surface area (TPSA) is 49.6 Å². The summed E-state index contributed by atoms with van der Waals surface area (Å²) in [4.78, 5) is 15.9. The standard InChI is InChI=1S/C17H25N3O2/c21-20(22)17-7-3-2-6-15(17)14-18-12-8-16(9-13-18)19-10-4-1-5-11-19/h2-3,6-7,16H,1,4-5,8-14H2. The molecule has 0 atom stereocenters. The Morgan fingerprint density at radius 3 is 2.41 bits per heavy atom. The zero-order valence-electron chi connectivity index (χ0n) is 13.1. The molecule has 0 bridgehead atoms. The van der Waals surface area contributed by atoms with E-state index in [2.05, 4.69) is 9.80 Å². The van der Waals surface area contributed by atoms with Gasteiger partial charge in [0.1, 0.15) is 0 Å². The fourth-order valence-electron chi connectivity index (χ4n) is 3.79. The van der Waals surface area contributed by atoms with Crippen LogP contribution in [0, 0.1) is 10.1 Å². The van der Waals surface area contributed by atoms with Crippen molar-refractivity contribution in [2.75, 3.05) is 26.2 Å². The van der Waals surface area contributed by atoms with Crippen LogP contribution in [0.1, 0.15) is 37.7 Å². The number of rotatable bonds is 4. The van der Waals surface area contributed by atoms with Crippen molar-refractivity contribution in [1.82, 2.24) is 9.80 Å². The van der Waals surface area contributed by atoms with Crippen LogP contribution >= 0.6 is 0 Å². The Labute approximate surface area is 132 Å². The molecule has 0 amide bonds. The number of hydrogen-bond acceptors (Lipinski definition) is 4. The molecule has 5 nitrogen and oxygen atoms in total. The van der Waals surface area contributed by atoms with Gasteiger partial charge in [0, 0.05) is 24.2 Å². The van der Waals surface area contributed by atoms with Crippen LogP contribution in [0.4, 0.5) is 5.69 Å². The Morgan fingerprint density at radius 1 is 1.05 bits per heavy atom. The van der Waals surface area contributed by atoms with E-state index in [0.717, 1.165) is 24.7 Å². The van der Waals surface area contributed by atoms with Crippen molar-refractivity contribution in [2.45, 2.75) is 44.7 Å². The predicted molar refractivity (Wildman–Crippen MR) is 86.8 cm³/mol. The maximum absolute atomic E-state index is 11.1. The normalized spacial score (nSPS) is 21.8. The van der Waals surface area contributed by atoms with Gasteiger partial charge in [-0.2, -0.15) is 0 Å². The summed E-state index contributed by atoms with van der Waals surface area (Å²) in [5.41, 5.74) is 1.09. The molecule has 0 unspecified atom stereocenters. The summed E-state index contributed by atoms with van der Waals surface area (Å²) in [5.74, 6) is 0. The third-order valence-electron chi connectivity index (χ3n) is 5.05. The molecule has 5 heteroatoms. The fourth-order valence-corrected chi connectivity index (χ4v) is 3.79. The van der Waals surface area contributed by atoms with Gasteiger partial charge in [-0.05, 0) is 51.9 Å². The van der Waals surface area contributed by atoms with Gasteiger partial charge in [-0.25, -0.2) is 0 Å². The highest BCUT2D eigenvalue weighted by atomic mass is 16.6. The highest BCUT2D eigenvalue weighted by molar-refractivity contribution is 5.39. The van der Waals surface area contributed by atoms with Gasteiger partial charge in [-0.15, -0.1) is 0 Å². The van der Waals surface area contributed by atoms with E-state index in [1.54, 1.807) is 12.1 Å². The molecule has 0 saturated carbocycles. The molecule has 120 valence electrons. The number of hydrogen-bond donors (Lipinski definition) is 0. The van der Waals surface area contributed by atoms with Gasteiger partial charge < -0.3 is 4.90 Å². The molecule has 22 heavy (non-hydrogen) atoms. The molecular weight excluding hydrogens is 278 g/mol. The van der Waals surface area contributed by atoms with Crippen LogP contribution in [-0.4, -0.2) is 46.9 Å². The lowest BCUT2D eigenvalue weighted by Gasteiger charge is -2.40. The number of nitro groups is 1. The minimum absolute atomic E-state index is 0.251. The van der Waals surface area contributed by atoms with Crippen molar-refractivity contribution in [2.24, 2.45) is 0 Å². The maximum Gasteiger partial charge on any atom is 0.273 e. The molecule has 1 aromatic carbocycles. The molecular formula is C17H25N3O2. The molecule has 0 radical (unpaired) electrons. The van der Waals surface area contributed by atoms with Crippen LogP contribution in [0.15, 0.2) is 24.3 Å². The second-order valence-corrected chi connectivity index (χ2v) is 6.49. The lowest BCUT2D eigenvalue weighted by atomic mass is 9.99. The van der Waals surface area contributed by atoms with Crippen molar-refractivity contribution >= 4 is 5.69 Å². The largest absolute Gasteiger partial charge is 0.300 e. The van der Waals surface area contributed by atoms with E-state index in [-0.39, 0.29) is 10.6 Å². The van der Waals surface area contributed by atoms with Crippen LogP contribution in [-0.2, 0) is 6.54 Å². The number of benzene rings is 1. The van der Waals surface area contributed by atoms with Crippen LogP contribution < -0.4 is 0 Å². The van der Waals surface area contributed by atoms with Gasteiger partial charge in [0.05, 0.1) is 4.92 Å². The Morgan fingerprint density at radius 2 is 1.73 bits per heavy atom. The molecule has 0 spiro atoms. The van der Waals surface area contributed by atoms with E-state index in [0.29, 0.717) is 6.54 Å². The SMILES string of the molecule is O=[N+]([O-])c1ccccc1CN1CCC(N2CCCCC2)CC1. The summed E-state index contributed by atoms with van der Waals surface area (Å²) in [6.45, 7) is 5.31. The highest BCUT2D eigenvalue weighted by Crippen LogP contribution is 2.24. The summed E-state index contributed by atoms with van der Waals surface area (Å²) in [6.07, 6.45) is 6.46. The molecule has 2 saturated heterocycles. The molecule has 3 rings (SSSR count). The Kier molecular flexibility index (Phi) is 5.05. The van der Waals surface area contributed by atoms with Crippen molar-refractivity contribution in [3.63, 3.8) is 0 Å². The first kappa shape index (κ1) is 15.4. The fraction of sp³-hybridized carbons (Fsp3) is 0.647. The van der Waals surface area contributed by atoms with Crippen LogP contribution in [0.25, 0.3) is 0 Å². The zero-order chi connectivity index (χ0) is 15.4. The van der Waals surface area contributed by atoms with Gasteiger partial charge in [0.25, 0.3) is 5.69 Å². The third kappa shape index (κ3) is 3.65. The first-order valence-electron chi connectivity index (χ1n) is 8.43. The molecule has 2 fully saturated rings. The highest BCUT2D eigenvalue weighted by Gasteiger charge is 2.26. The van der Waals surface area contributed by atoms with Crippen LogP contribution in [0.5, 0.6) is 0 Å². The van der Waals surface area contributed by atoms with Crippen LogP contribution in [0.2, 0.25) is 0 Å². The molecule has 0 aromatic heterocycles. The van der Waals surface area contributed by atoms with Crippen molar-refractivity contribution in [3.8, 4) is 0 Å². The maximum atomic E-state index is 11.1. The van der Waals surface area contributed by atoms with Gasteiger partial charge in [-0.3, -0.25) is 15.0 Å². The Balaban J connectivity index is 1.55. The second-order valence-electron chi connectivity index (χ2n) is 6.49. The van der Waals surface area contributed by atoms with E-state index < -0.39 is 0 Å². The Hall–Kier alpha value is -1.46. The van der Waals surface area contributed by atoms with E-state index in [1.165, 1.54) is 45.2 Å². The van der Waals surface area contributed by atoms with Crippen molar-refractivity contribution in [1.29, 1.82) is 0 Å². The van der Waals surface area contributed by atoms with Gasteiger partial charge in [0.15, 0.2) is 0 Å². The van der Waals surface area contributed by atoms with Crippen molar-refractivity contribution < 1.29 is 4.92 Å². The Bertz CT molecular complexity index is 506. The summed E-state index contributed by atoms with van der Waals surface area (Å²) in [6, 6.07) is 7.85. The van der Waals surface area contributed by atoms with Crippen molar-refractivity contribution in [3.05, 3.63) is 39.9 Å². The number of para-hydroxylation sites is 1. The first-order chi connectivity index (χ1) is 10.7. The average Bonchev–Trinajstić information content (AvgIpc) is 2.57. The molecule has 2 aliphatic rings. The molecule has 0 N–H and O–H groups in total. The predicted octanol–water partition coefficient (Wildman–Crippen LogP) is 3.05. The van der Waals surface area contributed by atoms with Gasteiger partial charge in [-0.1, -0.05) is 24.6 Å². The second kappa shape index (κ2) is 7.20. The number of piperidine rings is 2. The minimum atomic E-state index is -0.268. The molecule has 0 aliphatic carbocycles. The average molecular weight is 303 g/mol. The van der Waals surface area contributed by atoms with E-state index in [9.17, 15) is 10.1 Å². The molecule has 2 aliphatic heterocycles. The number of nitro benzene ring substituents is 1. The van der Waals surface area contributed by atoms with E-state index in [1.807, 2.05) is 12.1 Å². The quantitative estimate of drug-likeness (QED) is 0.633. The first-order valence-corrected chi connectivity index (χ1v) is 8.43. The lowest BCUT2D eigenvalue weighted by molar-refractivity contribution is -0.385. The smallest absolute Gasteiger partial charge is 0.273 e. The monoisotopic (exact) mass is 303 g/mol. The minimum Gasteiger partial charge on any atom is -0.300 e. The summed E-state index contributed by atoms with van der Waals surface area (Å²) in [7, 11) is 0. The lowest BCUT2D eigenvalue weighted by Crippen LogP contribution is -2.46. The summed E-state index contributed by atoms with van der Waals surface area (Å²) < 4.78 is 0.